The summed E-state index contributed by atoms with van der Waals surface area (Å²) in [4.78, 5) is 13.1. The Kier molecular flexibility index (Phi) is 6.81. The second-order valence-electron chi connectivity index (χ2n) is 14.8. The molecule has 2 nitrogen and oxygen atoms in total. The van der Waals surface area contributed by atoms with Gasteiger partial charge in [-0.15, -0.1) is 0 Å². The van der Waals surface area contributed by atoms with Crippen LogP contribution in [0.4, 0.5) is 0 Å². The van der Waals surface area contributed by atoms with Crippen LogP contribution in [0.3, 0.4) is 0 Å². The van der Waals surface area contributed by atoms with Crippen LogP contribution in [0.1, 0.15) is 22.3 Å². The van der Waals surface area contributed by atoms with Gasteiger partial charge in [0.25, 0.3) is 0 Å². The predicted molar refractivity (Wildman–Crippen MR) is 232 cm³/mol. The molecule has 0 fully saturated rings. The van der Waals surface area contributed by atoms with E-state index in [0.717, 1.165) is 33.5 Å². The Labute approximate surface area is 329 Å². The molecule has 1 aromatic heterocycles. The fraction of sp³-hybridized carbons (Fsp3) is 0.0189. The highest BCUT2D eigenvalue weighted by Crippen LogP contribution is 2.64. The third-order valence-electron chi connectivity index (χ3n) is 11.9. The van der Waals surface area contributed by atoms with Crippen molar-refractivity contribution < 1.29 is 0 Å². The van der Waals surface area contributed by atoms with Gasteiger partial charge in [0, 0.05) is 26.3 Å². The Morgan fingerprint density at radius 2 is 0.893 bits per heavy atom. The van der Waals surface area contributed by atoms with Gasteiger partial charge in [0.2, 0.25) is 0 Å². The standard InChI is InChI=1S/C53H32N2S/c1-2-12-33(13-3-1)34-22-24-37(25-23-34)52-54-48-21-11-9-19-42(48)49(55-52)38-28-29-45-43(32-38)41-18-8-10-20-44(41)53(45)46-30-26-35-14-4-6-16-39(35)50(46)56-51-40-17-7-5-15-36(40)27-31-47(51)53/h1-32H. The van der Waals surface area contributed by atoms with Gasteiger partial charge in [-0.25, -0.2) is 9.97 Å². The minimum atomic E-state index is -0.492. The van der Waals surface area contributed by atoms with E-state index in [-0.39, 0.29) is 0 Å². The molecule has 2 heterocycles. The predicted octanol–water partition coefficient (Wildman–Crippen LogP) is 13.8. The molecule has 0 amide bonds. The van der Waals surface area contributed by atoms with E-state index in [2.05, 4.69) is 194 Å². The maximum absolute atomic E-state index is 5.36. The Morgan fingerprint density at radius 1 is 0.357 bits per heavy atom. The number of nitrogens with zero attached hydrogens (tertiary/aromatic N) is 2. The minimum Gasteiger partial charge on any atom is -0.228 e. The molecule has 260 valence electrons. The molecule has 10 aromatic rings. The molecule has 12 rings (SSSR count). The van der Waals surface area contributed by atoms with Gasteiger partial charge < -0.3 is 0 Å². The van der Waals surface area contributed by atoms with E-state index in [1.54, 1.807) is 0 Å². The van der Waals surface area contributed by atoms with Crippen molar-refractivity contribution in [3.63, 3.8) is 0 Å². The second kappa shape index (κ2) is 12.1. The second-order valence-corrected chi connectivity index (χ2v) is 15.9. The zero-order valence-electron chi connectivity index (χ0n) is 30.3. The fourth-order valence-electron chi connectivity index (χ4n) is 9.42. The average Bonchev–Trinajstić information content (AvgIpc) is 3.56. The van der Waals surface area contributed by atoms with Crippen LogP contribution in [0.15, 0.2) is 204 Å². The molecule has 0 saturated heterocycles. The summed E-state index contributed by atoms with van der Waals surface area (Å²) in [7, 11) is 0. The summed E-state index contributed by atoms with van der Waals surface area (Å²) in [6, 6.07) is 70.8. The van der Waals surface area contributed by atoms with Crippen molar-refractivity contribution in [3.05, 3.63) is 216 Å². The molecule has 0 atom stereocenters. The van der Waals surface area contributed by atoms with Gasteiger partial charge in [-0.2, -0.15) is 0 Å². The summed E-state index contributed by atoms with van der Waals surface area (Å²) >= 11 is 1.94. The highest BCUT2D eigenvalue weighted by Gasteiger charge is 2.51. The molecule has 1 aliphatic carbocycles. The lowest BCUT2D eigenvalue weighted by molar-refractivity contribution is 0.729. The Balaban J connectivity index is 1.10. The molecular weight excluding hydrogens is 697 g/mol. The average molecular weight is 729 g/mol. The Bertz CT molecular complexity index is 3140. The number of benzene rings is 9. The maximum Gasteiger partial charge on any atom is 0.160 e. The number of rotatable bonds is 3. The van der Waals surface area contributed by atoms with E-state index in [1.165, 1.54) is 75.8 Å². The summed E-state index contributed by atoms with van der Waals surface area (Å²) < 4.78 is 0. The Morgan fingerprint density at radius 3 is 1.62 bits per heavy atom. The van der Waals surface area contributed by atoms with Crippen LogP contribution in [-0.2, 0) is 5.41 Å². The van der Waals surface area contributed by atoms with E-state index in [0.29, 0.717) is 0 Å². The van der Waals surface area contributed by atoms with Gasteiger partial charge in [-0.1, -0.05) is 194 Å². The van der Waals surface area contributed by atoms with E-state index in [9.17, 15) is 0 Å². The van der Waals surface area contributed by atoms with Gasteiger partial charge in [-0.3, -0.25) is 0 Å². The van der Waals surface area contributed by atoms with Crippen molar-refractivity contribution in [2.75, 3.05) is 0 Å². The molecule has 3 heteroatoms. The monoisotopic (exact) mass is 728 g/mol. The molecule has 1 spiro atoms. The van der Waals surface area contributed by atoms with Crippen molar-refractivity contribution in [2.24, 2.45) is 0 Å². The number of fused-ring (bicyclic) bond motifs is 14. The third-order valence-corrected chi connectivity index (χ3v) is 13.2. The van der Waals surface area contributed by atoms with Crippen LogP contribution in [0.25, 0.3) is 77.3 Å². The van der Waals surface area contributed by atoms with Gasteiger partial charge in [0.15, 0.2) is 5.82 Å². The summed E-state index contributed by atoms with van der Waals surface area (Å²) in [5, 5.41) is 6.17. The van der Waals surface area contributed by atoms with Crippen LogP contribution in [-0.4, -0.2) is 9.97 Å². The van der Waals surface area contributed by atoms with Crippen LogP contribution >= 0.6 is 11.8 Å². The highest BCUT2D eigenvalue weighted by molar-refractivity contribution is 8.00. The number of para-hydroxylation sites is 1. The molecule has 1 aliphatic heterocycles. The molecule has 56 heavy (non-hydrogen) atoms. The molecule has 0 N–H and O–H groups in total. The first-order chi connectivity index (χ1) is 27.8. The molecule has 0 bridgehead atoms. The van der Waals surface area contributed by atoms with E-state index in [4.69, 9.17) is 9.97 Å². The van der Waals surface area contributed by atoms with Gasteiger partial charge in [-0.05, 0) is 78.2 Å². The molecule has 0 radical (unpaired) electrons. The lowest BCUT2D eigenvalue weighted by Gasteiger charge is -2.40. The third kappa shape index (κ3) is 4.46. The summed E-state index contributed by atoms with van der Waals surface area (Å²) in [5.74, 6) is 0.724. The summed E-state index contributed by atoms with van der Waals surface area (Å²) in [5.41, 5.74) is 13.7. The van der Waals surface area contributed by atoms with Crippen molar-refractivity contribution in [2.45, 2.75) is 15.2 Å². The van der Waals surface area contributed by atoms with Gasteiger partial charge in [0.1, 0.15) is 0 Å². The maximum atomic E-state index is 5.36. The molecule has 0 unspecified atom stereocenters. The van der Waals surface area contributed by atoms with E-state index >= 15 is 0 Å². The number of aromatic nitrogens is 2. The van der Waals surface area contributed by atoms with Crippen molar-refractivity contribution in [1.82, 2.24) is 9.97 Å². The van der Waals surface area contributed by atoms with Crippen molar-refractivity contribution in [1.29, 1.82) is 0 Å². The SMILES string of the molecule is c1ccc(-c2ccc(-c3nc(-c4ccc5c(c4)-c4ccccc4C54c5ccc6ccccc6c5Sc5c4ccc4ccccc54)c4ccccc4n3)cc2)cc1. The van der Waals surface area contributed by atoms with Crippen LogP contribution < -0.4 is 0 Å². The van der Waals surface area contributed by atoms with Crippen molar-refractivity contribution >= 4 is 44.2 Å². The lowest BCUT2D eigenvalue weighted by Crippen LogP contribution is -2.32. The largest absolute Gasteiger partial charge is 0.228 e. The molecule has 0 saturated carbocycles. The smallest absolute Gasteiger partial charge is 0.160 e. The quantitative estimate of drug-likeness (QED) is 0.181. The normalized spacial score (nSPS) is 13.4. The van der Waals surface area contributed by atoms with Crippen LogP contribution in [0.5, 0.6) is 0 Å². The first-order valence-corrected chi connectivity index (χ1v) is 20.0. The van der Waals surface area contributed by atoms with Crippen molar-refractivity contribution in [3.8, 4) is 44.9 Å². The van der Waals surface area contributed by atoms with Gasteiger partial charge >= 0.3 is 0 Å². The van der Waals surface area contributed by atoms with Crippen LogP contribution in [0, 0.1) is 0 Å². The summed E-state index contributed by atoms with van der Waals surface area (Å²) in [6.07, 6.45) is 0. The zero-order valence-corrected chi connectivity index (χ0v) is 31.1. The van der Waals surface area contributed by atoms with Crippen LogP contribution in [0.2, 0.25) is 0 Å². The minimum absolute atomic E-state index is 0.492. The Hall–Kier alpha value is -6.81. The topological polar surface area (TPSA) is 25.8 Å². The molecule has 9 aromatic carbocycles. The summed E-state index contributed by atoms with van der Waals surface area (Å²) in [6.45, 7) is 0. The van der Waals surface area contributed by atoms with E-state index in [1.807, 2.05) is 11.8 Å². The number of hydrogen-bond donors (Lipinski definition) is 0. The fourth-order valence-corrected chi connectivity index (χ4v) is 10.9. The highest BCUT2D eigenvalue weighted by atomic mass is 32.2. The van der Waals surface area contributed by atoms with Gasteiger partial charge in [0.05, 0.1) is 16.6 Å². The first kappa shape index (κ1) is 31.5. The first-order valence-electron chi connectivity index (χ1n) is 19.2. The lowest BCUT2D eigenvalue weighted by atomic mass is 9.66. The molecular formula is C53H32N2S. The molecule has 2 aliphatic rings. The number of hydrogen-bond acceptors (Lipinski definition) is 3. The van der Waals surface area contributed by atoms with E-state index < -0.39 is 5.41 Å². The zero-order chi connectivity index (χ0) is 36.8.